The molecule has 2 rings (SSSR count). The van der Waals surface area contributed by atoms with E-state index in [1.807, 2.05) is 4.90 Å². The summed E-state index contributed by atoms with van der Waals surface area (Å²) in [5.74, 6) is 0.509. The van der Waals surface area contributed by atoms with Gasteiger partial charge in [0.1, 0.15) is 17.6 Å². The Morgan fingerprint density at radius 2 is 2.15 bits per heavy atom. The Morgan fingerprint density at radius 1 is 1.50 bits per heavy atom. The number of carbonyl (C=O) groups excluding carboxylic acids is 1. The zero-order valence-corrected chi connectivity index (χ0v) is 11.5. The molecule has 0 atom stereocenters. The second-order valence-corrected chi connectivity index (χ2v) is 4.98. The lowest BCUT2D eigenvalue weighted by Crippen LogP contribution is -2.34. The predicted molar refractivity (Wildman–Crippen MR) is 72.8 cm³/mol. The summed E-state index contributed by atoms with van der Waals surface area (Å²) in [6.07, 6.45) is 3.21. The second-order valence-electron chi connectivity index (χ2n) is 4.98. The summed E-state index contributed by atoms with van der Waals surface area (Å²) in [4.78, 5) is 28.1. The molecule has 0 radical (unpaired) electrons. The number of carbonyl (C=O) groups is 1. The first-order valence-corrected chi connectivity index (χ1v) is 6.50. The smallest absolute Gasteiger partial charge is 0.341 e. The van der Waals surface area contributed by atoms with E-state index in [0.29, 0.717) is 11.7 Å². The zero-order valence-electron chi connectivity index (χ0n) is 11.5. The molecule has 0 amide bonds. The van der Waals surface area contributed by atoms with Gasteiger partial charge < -0.3 is 9.64 Å². The summed E-state index contributed by atoms with van der Waals surface area (Å²) < 4.78 is 4.70. The van der Waals surface area contributed by atoms with Crippen molar-refractivity contribution in [1.82, 2.24) is 4.98 Å². The molecule has 1 aromatic rings. The number of nitrogens with zero attached hydrogens (tertiary/aromatic N) is 3. The third-order valence-corrected chi connectivity index (χ3v) is 3.55. The summed E-state index contributed by atoms with van der Waals surface area (Å²) >= 11 is 0. The van der Waals surface area contributed by atoms with Crippen LogP contribution in [0.5, 0.6) is 0 Å². The SMILES string of the molecule is COC(=O)c1cc([N+](=O)[O-])cnc1N1CCC(C)CC1. The van der Waals surface area contributed by atoms with Crippen molar-refractivity contribution in [2.75, 3.05) is 25.1 Å². The van der Waals surface area contributed by atoms with E-state index in [1.165, 1.54) is 19.4 Å². The summed E-state index contributed by atoms with van der Waals surface area (Å²) in [6, 6.07) is 1.23. The van der Waals surface area contributed by atoms with E-state index < -0.39 is 10.9 Å². The average molecular weight is 279 g/mol. The molecule has 1 aliphatic rings. The molecule has 1 aromatic heterocycles. The molecule has 0 unspecified atom stereocenters. The van der Waals surface area contributed by atoms with Crippen LogP contribution in [0.3, 0.4) is 0 Å². The first-order chi connectivity index (χ1) is 9.52. The summed E-state index contributed by atoms with van der Waals surface area (Å²) in [5, 5.41) is 10.8. The maximum Gasteiger partial charge on any atom is 0.341 e. The molecule has 0 aromatic carbocycles. The first-order valence-electron chi connectivity index (χ1n) is 6.50. The second kappa shape index (κ2) is 5.85. The lowest BCUT2D eigenvalue weighted by atomic mass is 9.99. The van der Waals surface area contributed by atoms with Crippen LogP contribution in [0.25, 0.3) is 0 Å². The highest BCUT2D eigenvalue weighted by molar-refractivity contribution is 5.95. The number of anilines is 1. The van der Waals surface area contributed by atoms with E-state index in [2.05, 4.69) is 11.9 Å². The Labute approximate surface area is 116 Å². The molecule has 7 nitrogen and oxygen atoms in total. The molecule has 1 aliphatic heterocycles. The minimum absolute atomic E-state index is 0.149. The van der Waals surface area contributed by atoms with Gasteiger partial charge in [-0.05, 0) is 18.8 Å². The molecule has 20 heavy (non-hydrogen) atoms. The fourth-order valence-corrected chi connectivity index (χ4v) is 2.28. The highest BCUT2D eigenvalue weighted by atomic mass is 16.6. The van der Waals surface area contributed by atoms with E-state index in [-0.39, 0.29) is 11.3 Å². The summed E-state index contributed by atoms with van der Waals surface area (Å²) in [6.45, 7) is 3.76. The van der Waals surface area contributed by atoms with E-state index in [0.717, 1.165) is 25.9 Å². The van der Waals surface area contributed by atoms with Crippen LogP contribution in [0.4, 0.5) is 11.5 Å². The van der Waals surface area contributed by atoms with Crippen molar-refractivity contribution < 1.29 is 14.5 Å². The molecule has 2 heterocycles. The summed E-state index contributed by atoms with van der Waals surface area (Å²) in [5.41, 5.74) is -0.0595. The number of hydrogen-bond acceptors (Lipinski definition) is 6. The number of nitro groups is 1. The van der Waals surface area contributed by atoms with Crippen molar-refractivity contribution in [2.45, 2.75) is 19.8 Å². The lowest BCUT2D eigenvalue weighted by Gasteiger charge is -2.31. The fraction of sp³-hybridized carbons (Fsp3) is 0.538. The van der Waals surface area contributed by atoms with Crippen LogP contribution >= 0.6 is 0 Å². The zero-order chi connectivity index (χ0) is 14.7. The monoisotopic (exact) mass is 279 g/mol. The molecule has 0 spiro atoms. The van der Waals surface area contributed by atoms with Crippen LogP contribution < -0.4 is 4.90 Å². The molecule has 1 saturated heterocycles. The van der Waals surface area contributed by atoms with E-state index >= 15 is 0 Å². The van der Waals surface area contributed by atoms with Gasteiger partial charge in [0.2, 0.25) is 0 Å². The topological polar surface area (TPSA) is 85.6 Å². The fourth-order valence-electron chi connectivity index (χ4n) is 2.28. The number of ether oxygens (including phenoxy) is 1. The standard InChI is InChI=1S/C13H17N3O4/c1-9-3-5-15(6-4-9)12-11(13(17)20-2)7-10(8-14-12)16(18)19/h7-9H,3-6H2,1-2H3. The number of piperidine rings is 1. The molecule has 108 valence electrons. The molecule has 0 aliphatic carbocycles. The highest BCUT2D eigenvalue weighted by Gasteiger charge is 2.25. The van der Waals surface area contributed by atoms with Crippen LogP contribution in [-0.4, -0.2) is 36.1 Å². The third-order valence-electron chi connectivity index (χ3n) is 3.55. The van der Waals surface area contributed by atoms with Gasteiger partial charge in [-0.1, -0.05) is 6.92 Å². The Morgan fingerprint density at radius 3 is 2.70 bits per heavy atom. The number of hydrogen-bond donors (Lipinski definition) is 0. The van der Waals surface area contributed by atoms with E-state index in [4.69, 9.17) is 4.74 Å². The van der Waals surface area contributed by atoms with Crippen LogP contribution in [0.2, 0.25) is 0 Å². The molecule has 0 bridgehead atoms. The largest absolute Gasteiger partial charge is 0.465 e. The molecule has 7 heteroatoms. The minimum atomic E-state index is -0.602. The van der Waals surface area contributed by atoms with Gasteiger partial charge >= 0.3 is 5.97 Å². The van der Waals surface area contributed by atoms with Gasteiger partial charge in [0.25, 0.3) is 5.69 Å². The van der Waals surface area contributed by atoms with Crippen LogP contribution in [-0.2, 0) is 4.74 Å². The van der Waals surface area contributed by atoms with Crippen molar-refractivity contribution in [2.24, 2.45) is 5.92 Å². The Kier molecular flexibility index (Phi) is 4.16. The van der Waals surface area contributed by atoms with Crippen molar-refractivity contribution in [3.63, 3.8) is 0 Å². The molecule has 0 saturated carbocycles. The van der Waals surface area contributed by atoms with E-state index in [1.54, 1.807) is 0 Å². The Bertz CT molecular complexity index is 524. The van der Waals surface area contributed by atoms with Crippen molar-refractivity contribution in [1.29, 1.82) is 0 Å². The Balaban J connectivity index is 2.36. The average Bonchev–Trinajstić information content (AvgIpc) is 2.46. The third kappa shape index (κ3) is 2.87. The molecular formula is C13H17N3O4. The number of esters is 1. The number of methoxy groups -OCH3 is 1. The number of rotatable bonds is 3. The van der Waals surface area contributed by atoms with Crippen molar-refractivity contribution >= 4 is 17.5 Å². The number of aromatic nitrogens is 1. The maximum absolute atomic E-state index is 11.8. The molecular weight excluding hydrogens is 262 g/mol. The predicted octanol–water partition coefficient (Wildman–Crippen LogP) is 2.01. The molecule has 0 N–H and O–H groups in total. The van der Waals surface area contributed by atoms with Gasteiger partial charge in [-0.15, -0.1) is 0 Å². The van der Waals surface area contributed by atoms with Gasteiger partial charge in [-0.2, -0.15) is 0 Å². The maximum atomic E-state index is 11.8. The Hall–Kier alpha value is -2.18. The van der Waals surface area contributed by atoms with Gasteiger partial charge in [0.05, 0.1) is 12.0 Å². The molecule has 1 fully saturated rings. The highest BCUT2D eigenvalue weighted by Crippen LogP contribution is 2.27. The minimum Gasteiger partial charge on any atom is -0.465 e. The number of pyridine rings is 1. The first kappa shape index (κ1) is 14.2. The summed E-state index contributed by atoms with van der Waals surface area (Å²) in [7, 11) is 1.25. The van der Waals surface area contributed by atoms with Crippen molar-refractivity contribution in [3.05, 3.63) is 27.9 Å². The normalized spacial score (nSPS) is 16.0. The van der Waals surface area contributed by atoms with Gasteiger partial charge in [0, 0.05) is 19.2 Å². The van der Waals surface area contributed by atoms with Gasteiger partial charge in [-0.3, -0.25) is 10.1 Å². The van der Waals surface area contributed by atoms with Crippen molar-refractivity contribution in [3.8, 4) is 0 Å². The van der Waals surface area contributed by atoms with Crippen LogP contribution in [0.1, 0.15) is 30.1 Å². The van der Waals surface area contributed by atoms with Crippen LogP contribution in [0.15, 0.2) is 12.3 Å². The van der Waals surface area contributed by atoms with Gasteiger partial charge in [-0.25, -0.2) is 9.78 Å². The van der Waals surface area contributed by atoms with Gasteiger partial charge in [0.15, 0.2) is 0 Å². The quantitative estimate of drug-likeness (QED) is 0.478. The lowest BCUT2D eigenvalue weighted by molar-refractivity contribution is -0.385. The van der Waals surface area contributed by atoms with Crippen LogP contribution in [0, 0.1) is 16.0 Å². The van der Waals surface area contributed by atoms with E-state index in [9.17, 15) is 14.9 Å².